The van der Waals surface area contributed by atoms with Gasteiger partial charge in [-0.2, -0.15) is 0 Å². The van der Waals surface area contributed by atoms with E-state index in [0.717, 1.165) is 6.42 Å². The topological polar surface area (TPSA) is 53.3 Å². The molecule has 2 N–H and O–H groups in total. The summed E-state index contributed by atoms with van der Waals surface area (Å²) in [5, 5.41) is 16.3. The Morgan fingerprint density at radius 3 is 2.82 bits per heavy atom. The Hall–Kier alpha value is -0.410. The third kappa shape index (κ3) is 2.01. The average Bonchev–Trinajstić information content (AvgIpc) is 1.94. The molecule has 1 aliphatic heterocycles. The van der Waals surface area contributed by atoms with Gasteiger partial charge in [0.15, 0.2) is 0 Å². The lowest BCUT2D eigenvalue weighted by Crippen LogP contribution is -2.41. The number of nitrogens with one attached hydrogen (secondary N) is 1. The van der Waals surface area contributed by atoms with Gasteiger partial charge in [0.05, 0.1) is 18.8 Å². The summed E-state index contributed by atoms with van der Waals surface area (Å²) in [6.07, 6.45) is 0.752. The quantitative estimate of drug-likeness (QED) is 0.592. The van der Waals surface area contributed by atoms with E-state index in [1.165, 1.54) is 0 Å². The van der Waals surface area contributed by atoms with Crippen molar-refractivity contribution in [2.75, 3.05) is 13.2 Å². The number of hydrogen-bond acceptors (Lipinski definition) is 3. The lowest BCUT2D eigenvalue weighted by molar-refractivity contribution is -0.0318. The van der Waals surface area contributed by atoms with E-state index in [0.29, 0.717) is 12.3 Å². The van der Waals surface area contributed by atoms with Crippen molar-refractivity contribution in [3.8, 4) is 0 Å². The normalized spacial score (nSPS) is 30.5. The highest BCUT2D eigenvalue weighted by Crippen LogP contribution is 2.25. The monoisotopic (exact) mass is 157 g/mol. The van der Waals surface area contributed by atoms with Gasteiger partial charge in [-0.05, 0) is 20.3 Å². The number of aliphatic hydroxyl groups is 1. The summed E-state index contributed by atoms with van der Waals surface area (Å²) in [6.45, 7) is 4.42. The summed E-state index contributed by atoms with van der Waals surface area (Å²) in [7, 11) is 0. The first-order valence-electron chi connectivity index (χ1n) is 3.87. The van der Waals surface area contributed by atoms with Gasteiger partial charge in [-0.3, -0.25) is 0 Å². The highest BCUT2D eigenvalue weighted by molar-refractivity contribution is 5.85. The van der Waals surface area contributed by atoms with Crippen LogP contribution in [0.4, 0.5) is 0 Å². The Morgan fingerprint density at radius 2 is 2.36 bits per heavy atom. The third-order valence-corrected chi connectivity index (χ3v) is 2.07. The van der Waals surface area contributed by atoms with E-state index >= 15 is 0 Å². The molecule has 1 atom stereocenters. The minimum atomic E-state index is -0.169. The smallest absolute Gasteiger partial charge is 0.0852 e. The molecular formula is C8H15NO2. The van der Waals surface area contributed by atoms with E-state index in [-0.39, 0.29) is 18.1 Å². The lowest BCUT2D eigenvalue weighted by Gasteiger charge is -2.35. The molecule has 1 aliphatic rings. The van der Waals surface area contributed by atoms with Crippen molar-refractivity contribution < 1.29 is 9.84 Å². The Kier molecular flexibility index (Phi) is 2.30. The molecule has 0 spiro atoms. The van der Waals surface area contributed by atoms with Gasteiger partial charge in [0.1, 0.15) is 0 Å². The van der Waals surface area contributed by atoms with Gasteiger partial charge >= 0.3 is 0 Å². The summed E-state index contributed by atoms with van der Waals surface area (Å²) < 4.78 is 5.37. The van der Waals surface area contributed by atoms with Crippen molar-refractivity contribution >= 4 is 5.71 Å². The standard InChI is InChI=1S/C8H15NO2/c1-8(2)3-6(4-10)7(9)5-11-8/h6,9-10H,3-5H2,1-2H3/t6-/m0/s1. The minimum absolute atomic E-state index is 0.0127. The second-order valence-corrected chi connectivity index (χ2v) is 3.66. The lowest BCUT2D eigenvalue weighted by atomic mass is 9.88. The molecule has 0 aromatic heterocycles. The Balaban J connectivity index is 2.58. The van der Waals surface area contributed by atoms with Gasteiger partial charge < -0.3 is 15.3 Å². The summed E-state index contributed by atoms with van der Waals surface area (Å²) in [5.74, 6) is 0.0127. The molecule has 1 fully saturated rings. The summed E-state index contributed by atoms with van der Waals surface area (Å²) >= 11 is 0. The molecule has 3 nitrogen and oxygen atoms in total. The number of aliphatic hydroxyl groups excluding tert-OH is 1. The zero-order valence-corrected chi connectivity index (χ0v) is 7.05. The van der Waals surface area contributed by atoms with E-state index in [4.69, 9.17) is 15.3 Å². The fourth-order valence-corrected chi connectivity index (χ4v) is 1.34. The van der Waals surface area contributed by atoms with Crippen LogP contribution >= 0.6 is 0 Å². The van der Waals surface area contributed by atoms with Crippen LogP contribution in [0.25, 0.3) is 0 Å². The molecule has 0 aliphatic carbocycles. The molecule has 11 heavy (non-hydrogen) atoms. The van der Waals surface area contributed by atoms with Crippen LogP contribution in [-0.2, 0) is 4.74 Å². The van der Waals surface area contributed by atoms with Crippen molar-refractivity contribution in [2.45, 2.75) is 25.9 Å². The Labute approximate surface area is 66.9 Å². The van der Waals surface area contributed by atoms with Crippen LogP contribution < -0.4 is 0 Å². The second kappa shape index (κ2) is 2.91. The first kappa shape index (κ1) is 8.68. The van der Waals surface area contributed by atoms with Gasteiger partial charge in [-0.1, -0.05) is 0 Å². The van der Waals surface area contributed by atoms with Crippen LogP contribution in [0, 0.1) is 11.3 Å². The fourth-order valence-electron chi connectivity index (χ4n) is 1.34. The predicted octanol–water partition coefficient (Wildman–Crippen LogP) is 0.814. The summed E-state index contributed by atoms with van der Waals surface area (Å²) in [4.78, 5) is 0. The fraction of sp³-hybridized carbons (Fsp3) is 0.875. The molecule has 0 unspecified atom stereocenters. The zero-order valence-electron chi connectivity index (χ0n) is 7.05. The van der Waals surface area contributed by atoms with Crippen LogP contribution in [0.2, 0.25) is 0 Å². The summed E-state index contributed by atoms with van der Waals surface area (Å²) in [6, 6.07) is 0. The molecule has 0 amide bonds. The summed E-state index contributed by atoms with van der Waals surface area (Å²) in [5.41, 5.74) is 0.352. The van der Waals surface area contributed by atoms with E-state index in [2.05, 4.69) is 0 Å². The molecule has 0 aromatic carbocycles. The molecule has 0 aromatic rings. The molecule has 1 saturated heterocycles. The molecule has 1 rings (SSSR count). The number of ether oxygens (including phenoxy) is 1. The van der Waals surface area contributed by atoms with Crippen LogP contribution in [-0.4, -0.2) is 29.6 Å². The van der Waals surface area contributed by atoms with Crippen molar-refractivity contribution in [1.29, 1.82) is 5.41 Å². The maximum atomic E-state index is 8.90. The minimum Gasteiger partial charge on any atom is -0.396 e. The first-order chi connectivity index (χ1) is 5.05. The Morgan fingerprint density at radius 1 is 1.73 bits per heavy atom. The van der Waals surface area contributed by atoms with Crippen molar-refractivity contribution in [2.24, 2.45) is 5.92 Å². The van der Waals surface area contributed by atoms with Crippen LogP contribution in [0.1, 0.15) is 20.3 Å². The molecule has 0 radical (unpaired) electrons. The molecule has 1 heterocycles. The molecular weight excluding hydrogens is 142 g/mol. The van der Waals surface area contributed by atoms with E-state index in [9.17, 15) is 0 Å². The van der Waals surface area contributed by atoms with Crippen LogP contribution in [0.3, 0.4) is 0 Å². The van der Waals surface area contributed by atoms with Crippen molar-refractivity contribution in [3.63, 3.8) is 0 Å². The Bertz CT molecular complexity index is 165. The maximum absolute atomic E-state index is 8.90. The third-order valence-electron chi connectivity index (χ3n) is 2.07. The van der Waals surface area contributed by atoms with E-state index in [1.54, 1.807) is 0 Å². The van der Waals surface area contributed by atoms with Gasteiger partial charge in [0, 0.05) is 11.6 Å². The first-order valence-corrected chi connectivity index (χ1v) is 3.87. The van der Waals surface area contributed by atoms with Crippen molar-refractivity contribution in [3.05, 3.63) is 0 Å². The average molecular weight is 157 g/mol. The highest BCUT2D eigenvalue weighted by atomic mass is 16.5. The predicted molar refractivity (Wildman–Crippen MR) is 43.0 cm³/mol. The van der Waals surface area contributed by atoms with Gasteiger partial charge in [0.25, 0.3) is 0 Å². The highest BCUT2D eigenvalue weighted by Gasteiger charge is 2.31. The molecule has 0 bridgehead atoms. The number of rotatable bonds is 1. The van der Waals surface area contributed by atoms with Gasteiger partial charge in [0.2, 0.25) is 0 Å². The van der Waals surface area contributed by atoms with Crippen LogP contribution in [0.5, 0.6) is 0 Å². The molecule has 64 valence electrons. The van der Waals surface area contributed by atoms with E-state index < -0.39 is 0 Å². The SMILES string of the molecule is CC1(C)C[C@@H](CO)C(=N)CO1. The van der Waals surface area contributed by atoms with Crippen molar-refractivity contribution in [1.82, 2.24) is 0 Å². The van der Waals surface area contributed by atoms with E-state index in [1.807, 2.05) is 13.8 Å². The molecule has 0 saturated carbocycles. The maximum Gasteiger partial charge on any atom is 0.0852 e. The second-order valence-electron chi connectivity index (χ2n) is 3.66. The molecule has 3 heteroatoms. The van der Waals surface area contributed by atoms with Gasteiger partial charge in [-0.15, -0.1) is 0 Å². The largest absolute Gasteiger partial charge is 0.396 e. The van der Waals surface area contributed by atoms with Crippen LogP contribution in [0.15, 0.2) is 0 Å². The number of hydrogen-bond donors (Lipinski definition) is 2. The zero-order chi connectivity index (χ0) is 8.48. The van der Waals surface area contributed by atoms with Gasteiger partial charge in [-0.25, -0.2) is 0 Å².